The fraction of sp³-hybridized carbons (Fsp3) is 0.500. The first kappa shape index (κ1) is 11.2. The topological polar surface area (TPSA) is 37.3 Å². The van der Waals surface area contributed by atoms with E-state index in [1.54, 1.807) is 0 Å². The minimum Gasteiger partial charge on any atom is -0.481 e. The van der Waals surface area contributed by atoms with Crippen molar-refractivity contribution in [3.63, 3.8) is 0 Å². The molecular weight excluding hydrogens is 200 g/mol. The maximum atomic E-state index is 10.8. The van der Waals surface area contributed by atoms with Crippen molar-refractivity contribution in [3.05, 3.63) is 34.9 Å². The Morgan fingerprint density at radius 3 is 2.94 bits per heavy atom. The van der Waals surface area contributed by atoms with E-state index in [1.807, 2.05) is 0 Å². The van der Waals surface area contributed by atoms with E-state index >= 15 is 0 Å². The lowest BCUT2D eigenvalue weighted by Crippen LogP contribution is -2.21. The van der Waals surface area contributed by atoms with Crippen LogP contribution in [0, 0.1) is 12.8 Å². The molecule has 0 spiro atoms. The van der Waals surface area contributed by atoms with Gasteiger partial charge in [0.05, 0.1) is 0 Å². The molecule has 0 heterocycles. The van der Waals surface area contributed by atoms with Crippen molar-refractivity contribution < 1.29 is 9.90 Å². The van der Waals surface area contributed by atoms with Crippen LogP contribution in [-0.2, 0) is 11.2 Å². The molecule has 1 aliphatic rings. The predicted octanol–water partition coefficient (Wildman–Crippen LogP) is 3.14. The Balaban J connectivity index is 2.26. The van der Waals surface area contributed by atoms with Crippen molar-refractivity contribution in [1.82, 2.24) is 0 Å². The Labute approximate surface area is 96.3 Å². The van der Waals surface area contributed by atoms with Crippen LogP contribution in [0.1, 0.15) is 42.4 Å². The number of rotatable bonds is 2. The van der Waals surface area contributed by atoms with E-state index in [1.165, 1.54) is 16.7 Å². The fourth-order valence-corrected chi connectivity index (χ4v) is 2.71. The van der Waals surface area contributed by atoms with Crippen LogP contribution < -0.4 is 0 Å². The van der Waals surface area contributed by atoms with Crippen LogP contribution in [0.15, 0.2) is 18.2 Å². The van der Waals surface area contributed by atoms with Gasteiger partial charge in [0.2, 0.25) is 0 Å². The summed E-state index contributed by atoms with van der Waals surface area (Å²) in [6, 6.07) is 6.55. The maximum Gasteiger partial charge on any atom is 0.303 e. The molecular formula is C14H18O2. The summed E-state index contributed by atoms with van der Waals surface area (Å²) in [5.41, 5.74) is 4.03. The van der Waals surface area contributed by atoms with Crippen molar-refractivity contribution in [2.45, 2.75) is 39.0 Å². The minimum atomic E-state index is -0.673. The third-order valence-electron chi connectivity index (χ3n) is 3.72. The largest absolute Gasteiger partial charge is 0.481 e. The zero-order valence-corrected chi connectivity index (χ0v) is 9.86. The summed E-state index contributed by atoms with van der Waals surface area (Å²) < 4.78 is 0. The molecule has 2 unspecified atom stereocenters. The summed E-state index contributed by atoms with van der Waals surface area (Å²) >= 11 is 0. The van der Waals surface area contributed by atoms with Crippen LogP contribution in [-0.4, -0.2) is 11.1 Å². The molecule has 1 aromatic rings. The number of aryl methyl sites for hydroxylation is 2. The van der Waals surface area contributed by atoms with E-state index in [0.717, 1.165) is 12.8 Å². The maximum absolute atomic E-state index is 10.8. The van der Waals surface area contributed by atoms with Crippen molar-refractivity contribution >= 4 is 5.97 Å². The van der Waals surface area contributed by atoms with Gasteiger partial charge in [-0.15, -0.1) is 0 Å². The third kappa shape index (κ3) is 2.11. The van der Waals surface area contributed by atoms with Gasteiger partial charge in [0.1, 0.15) is 0 Å². The van der Waals surface area contributed by atoms with Crippen molar-refractivity contribution in [1.29, 1.82) is 0 Å². The average Bonchev–Trinajstić information content (AvgIpc) is 2.22. The van der Waals surface area contributed by atoms with Gasteiger partial charge in [0.15, 0.2) is 0 Å². The molecule has 2 rings (SSSR count). The molecule has 0 aliphatic heterocycles. The van der Waals surface area contributed by atoms with Crippen molar-refractivity contribution in [2.24, 2.45) is 5.92 Å². The first-order valence-electron chi connectivity index (χ1n) is 5.89. The van der Waals surface area contributed by atoms with Gasteiger partial charge in [-0.05, 0) is 42.7 Å². The summed E-state index contributed by atoms with van der Waals surface area (Å²) in [5, 5.41) is 8.89. The highest BCUT2D eigenvalue weighted by Gasteiger charge is 2.27. The highest BCUT2D eigenvalue weighted by atomic mass is 16.4. The summed E-state index contributed by atoms with van der Waals surface area (Å²) in [6.45, 7) is 4.25. The molecule has 0 saturated carbocycles. The Morgan fingerprint density at radius 2 is 2.25 bits per heavy atom. The van der Waals surface area contributed by atoms with E-state index < -0.39 is 5.97 Å². The Kier molecular flexibility index (Phi) is 2.99. The lowest BCUT2D eigenvalue weighted by atomic mass is 9.74. The van der Waals surface area contributed by atoms with Crippen LogP contribution >= 0.6 is 0 Å². The van der Waals surface area contributed by atoms with Gasteiger partial charge >= 0.3 is 5.97 Å². The molecule has 0 aromatic heterocycles. The second-order valence-corrected chi connectivity index (χ2v) is 4.89. The van der Waals surface area contributed by atoms with Crippen LogP contribution in [0.2, 0.25) is 0 Å². The smallest absolute Gasteiger partial charge is 0.303 e. The molecule has 1 aromatic carbocycles. The van der Waals surface area contributed by atoms with E-state index in [4.69, 9.17) is 5.11 Å². The Morgan fingerprint density at radius 1 is 1.50 bits per heavy atom. The van der Waals surface area contributed by atoms with E-state index in [-0.39, 0.29) is 0 Å². The second kappa shape index (κ2) is 4.28. The van der Waals surface area contributed by atoms with E-state index in [2.05, 4.69) is 32.0 Å². The molecule has 0 amide bonds. The molecule has 16 heavy (non-hydrogen) atoms. The van der Waals surface area contributed by atoms with Gasteiger partial charge in [0.25, 0.3) is 0 Å². The van der Waals surface area contributed by atoms with Crippen LogP contribution in [0.5, 0.6) is 0 Å². The number of hydrogen-bond acceptors (Lipinski definition) is 1. The zero-order chi connectivity index (χ0) is 11.7. The van der Waals surface area contributed by atoms with Gasteiger partial charge in [-0.25, -0.2) is 0 Å². The van der Waals surface area contributed by atoms with Crippen LogP contribution in [0.3, 0.4) is 0 Å². The predicted molar refractivity (Wildman–Crippen MR) is 63.7 cm³/mol. The highest BCUT2D eigenvalue weighted by molar-refractivity contribution is 5.67. The monoisotopic (exact) mass is 218 g/mol. The number of carboxylic acids is 1. The Bertz CT molecular complexity index is 409. The molecule has 2 heteroatoms. The van der Waals surface area contributed by atoms with Gasteiger partial charge in [-0.2, -0.15) is 0 Å². The first-order chi connectivity index (χ1) is 7.58. The van der Waals surface area contributed by atoms with Gasteiger partial charge in [-0.3, -0.25) is 4.79 Å². The molecule has 2 nitrogen and oxygen atoms in total. The lowest BCUT2D eigenvalue weighted by molar-refractivity contribution is -0.138. The Hall–Kier alpha value is -1.31. The number of aliphatic carboxylic acids is 1. The zero-order valence-electron chi connectivity index (χ0n) is 9.86. The normalized spacial score (nSPS) is 23.9. The molecule has 1 N–H and O–H groups in total. The third-order valence-corrected chi connectivity index (χ3v) is 3.72. The number of carboxylic acid groups (broad SMARTS) is 1. The quantitative estimate of drug-likeness (QED) is 0.828. The van der Waals surface area contributed by atoms with Gasteiger partial charge in [0, 0.05) is 6.42 Å². The summed E-state index contributed by atoms with van der Waals surface area (Å²) in [4.78, 5) is 10.8. The second-order valence-electron chi connectivity index (χ2n) is 4.89. The molecule has 1 aliphatic carbocycles. The minimum absolute atomic E-state index is 0.298. The van der Waals surface area contributed by atoms with Crippen molar-refractivity contribution in [2.75, 3.05) is 0 Å². The van der Waals surface area contributed by atoms with Crippen LogP contribution in [0.4, 0.5) is 0 Å². The van der Waals surface area contributed by atoms with E-state index in [0.29, 0.717) is 18.3 Å². The standard InChI is InChI=1S/C14H18O2/c1-9-3-4-11-5-6-12(8-14(15)16)10(2)13(11)7-9/h3-4,7,10,12H,5-6,8H2,1-2H3,(H,15,16). The SMILES string of the molecule is Cc1ccc2c(c1)C(C)C(CC(=O)O)CC2. The number of carbonyl (C=O) groups is 1. The first-order valence-corrected chi connectivity index (χ1v) is 5.89. The summed E-state index contributed by atoms with van der Waals surface area (Å²) in [7, 11) is 0. The number of fused-ring (bicyclic) bond motifs is 1. The molecule has 86 valence electrons. The molecule has 0 radical (unpaired) electrons. The average molecular weight is 218 g/mol. The highest BCUT2D eigenvalue weighted by Crippen LogP contribution is 2.38. The summed E-state index contributed by atoms with van der Waals surface area (Å²) in [6.07, 6.45) is 2.33. The molecule has 0 bridgehead atoms. The molecule has 0 fully saturated rings. The van der Waals surface area contributed by atoms with Gasteiger partial charge < -0.3 is 5.11 Å². The van der Waals surface area contributed by atoms with Crippen molar-refractivity contribution in [3.8, 4) is 0 Å². The van der Waals surface area contributed by atoms with E-state index in [9.17, 15) is 4.79 Å². The van der Waals surface area contributed by atoms with Gasteiger partial charge in [-0.1, -0.05) is 30.7 Å². The summed E-state index contributed by atoms with van der Waals surface area (Å²) in [5.74, 6) is -0.000460. The number of benzene rings is 1. The lowest BCUT2D eigenvalue weighted by Gasteiger charge is -2.30. The fourth-order valence-electron chi connectivity index (χ4n) is 2.71. The number of hydrogen-bond donors (Lipinski definition) is 1. The molecule has 2 atom stereocenters. The molecule has 0 saturated heterocycles. The van der Waals surface area contributed by atoms with Crippen LogP contribution in [0.25, 0.3) is 0 Å².